The van der Waals surface area contributed by atoms with Gasteiger partial charge in [0.1, 0.15) is 5.75 Å². The molecule has 0 saturated carbocycles. The molecule has 3 rings (SSSR count). The van der Waals surface area contributed by atoms with Crippen LogP contribution in [0.4, 0.5) is 4.39 Å². The first-order valence-corrected chi connectivity index (χ1v) is 9.18. The average Bonchev–Trinajstić information content (AvgIpc) is 2.73. The predicted molar refractivity (Wildman–Crippen MR) is 124 cm³/mol. The van der Waals surface area contributed by atoms with Crippen molar-refractivity contribution in [1.29, 1.82) is 0 Å². The minimum absolute atomic E-state index is 0. The molecule has 0 spiro atoms. The maximum absolute atomic E-state index is 13.9. The van der Waals surface area contributed by atoms with E-state index < -0.39 is 5.82 Å². The molecule has 3 aromatic rings. The van der Waals surface area contributed by atoms with Gasteiger partial charge in [-0.2, -0.15) is 0 Å². The van der Waals surface area contributed by atoms with Crippen molar-refractivity contribution in [2.75, 3.05) is 6.54 Å². The average molecular weight is 506 g/mol. The number of aliphatic imine (C=N–C) groups is 1. The minimum atomic E-state index is -0.397. The summed E-state index contributed by atoms with van der Waals surface area (Å²) < 4.78 is 19.7. The number of halogens is 2. The van der Waals surface area contributed by atoms with Gasteiger partial charge in [0.2, 0.25) is 0 Å². The SMILES string of the molecule is CCNC(=NCc1ccccc1Oc1ccccc1F)NCc1ccccn1.I. The van der Waals surface area contributed by atoms with Gasteiger partial charge in [0.05, 0.1) is 18.8 Å². The molecule has 0 amide bonds. The van der Waals surface area contributed by atoms with E-state index in [0.717, 1.165) is 17.8 Å². The van der Waals surface area contributed by atoms with E-state index in [0.29, 0.717) is 24.8 Å². The number of pyridine rings is 1. The van der Waals surface area contributed by atoms with Gasteiger partial charge in [-0.05, 0) is 37.3 Å². The Kier molecular flexibility index (Phi) is 9.36. The number of aromatic nitrogens is 1. The number of hydrogen-bond donors (Lipinski definition) is 2. The Hall–Kier alpha value is -2.68. The molecule has 0 fully saturated rings. The molecule has 7 heteroatoms. The third-order valence-electron chi connectivity index (χ3n) is 3.94. The number of hydrogen-bond acceptors (Lipinski definition) is 3. The van der Waals surface area contributed by atoms with Crippen LogP contribution in [0, 0.1) is 5.82 Å². The normalized spacial score (nSPS) is 10.8. The molecule has 0 aliphatic carbocycles. The van der Waals surface area contributed by atoms with Crippen LogP contribution >= 0.6 is 24.0 Å². The zero-order valence-electron chi connectivity index (χ0n) is 16.1. The van der Waals surface area contributed by atoms with Gasteiger partial charge in [-0.25, -0.2) is 9.38 Å². The van der Waals surface area contributed by atoms with E-state index in [4.69, 9.17) is 4.74 Å². The molecule has 0 unspecified atom stereocenters. The highest BCUT2D eigenvalue weighted by Gasteiger charge is 2.08. The quantitative estimate of drug-likeness (QED) is 0.272. The molecule has 5 nitrogen and oxygen atoms in total. The Morgan fingerprint density at radius 3 is 2.41 bits per heavy atom. The van der Waals surface area contributed by atoms with Crippen LogP contribution in [0.3, 0.4) is 0 Å². The van der Waals surface area contributed by atoms with E-state index in [1.54, 1.807) is 24.4 Å². The molecule has 2 N–H and O–H groups in total. The van der Waals surface area contributed by atoms with E-state index in [9.17, 15) is 4.39 Å². The Balaban J connectivity index is 0.00000300. The summed E-state index contributed by atoms with van der Waals surface area (Å²) in [5.41, 5.74) is 1.79. The standard InChI is InChI=1S/C22H23FN4O.HI/c1-2-24-22(27-16-18-10-7-8-14-25-18)26-15-17-9-3-5-12-20(17)28-21-13-6-4-11-19(21)23;/h3-14H,2,15-16H2,1H3,(H2,24,26,27);1H. The molecule has 0 radical (unpaired) electrons. The molecule has 0 bridgehead atoms. The summed E-state index contributed by atoms with van der Waals surface area (Å²) in [6.07, 6.45) is 1.76. The lowest BCUT2D eigenvalue weighted by Gasteiger charge is -2.13. The molecule has 152 valence electrons. The van der Waals surface area contributed by atoms with Gasteiger partial charge in [-0.3, -0.25) is 4.98 Å². The monoisotopic (exact) mass is 506 g/mol. The first-order valence-electron chi connectivity index (χ1n) is 9.18. The van der Waals surface area contributed by atoms with Crippen molar-refractivity contribution in [3.8, 4) is 11.5 Å². The number of para-hydroxylation sites is 2. The largest absolute Gasteiger partial charge is 0.454 e. The van der Waals surface area contributed by atoms with E-state index in [1.807, 2.05) is 49.4 Å². The van der Waals surface area contributed by atoms with Crippen LogP contribution in [-0.4, -0.2) is 17.5 Å². The summed E-state index contributed by atoms with van der Waals surface area (Å²) in [4.78, 5) is 8.91. The molecular formula is C22H24FIN4O. The lowest BCUT2D eigenvalue weighted by molar-refractivity contribution is 0.438. The molecule has 0 aliphatic rings. The maximum atomic E-state index is 13.9. The van der Waals surface area contributed by atoms with Crippen LogP contribution < -0.4 is 15.4 Å². The molecule has 1 aromatic heterocycles. The first kappa shape index (κ1) is 22.6. The fourth-order valence-electron chi connectivity index (χ4n) is 2.56. The summed E-state index contributed by atoms with van der Waals surface area (Å²) >= 11 is 0. The molecule has 0 atom stereocenters. The summed E-state index contributed by atoms with van der Waals surface area (Å²) in [7, 11) is 0. The predicted octanol–water partition coefficient (Wildman–Crippen LogP) is 4.89. The lowest BCUT2D eigenvalue weighted by Crippen LogP contribution is -2.37. The van der Waals surface area contributed by atoms with Crippen LogP contribution in [0.5, 0.6) is 11.5 Å². The van der Waals surface area contributed by atoms with Gasteiger partial charge in [0, 0.05) is 18.3 Å². The third kappa shape index (κ3) is 7.01. The second kappa shape index (κ2) is 12.0. The fourth-order valence-corrected chi connectivity index (χ4v) is 2.56. The van der Waals surface area contributed by atoms with E-state index >= 15 is 0 Å². The van der Waals surface area contributed by atoms with Crippen LogP contribution in [-0.2, 0) is 13.1 Å². The molecule has 29 heavy (non-hydrogen) atoms. The van der Waals surface area contributed by atoms with Crippen molar-refractivity contribution in [1.82, 2.24) is 15.6 Å². The van der Waals surface area contributed by atoms with Crippen molar-refractivity contribution < 1.29 is 9.13 Å². The van der Waals surface area contributed by atoms with Crippen LogP contribution in [0.1, 0.15) is 18.2 Å². The molecule has 2 aromatic carbocycles. The summed E-state index contributed by atoms with van der Waals surface area (Å²) in [6.45, 7) is 3.71. The van der Waals surface area contributed by atoms with Crippen molar-refractivity contribution in [2.45, 2.75) is 20.0 Å². The van der Waals surface area contributed by atoms with Crippen molar-refractivity contribution in [3.05, 3.63) is 90.0 Å². The highest BCUT2D eigenvalue weighted by atomic mass is 127. The zero-order valence-corrected chi connectivity index (χ0v) is 18.5. The van der Waals surface area contributed by atoms with Crippen LogP contribution in [0.15, 0.2) is 77.9 Å². The summed E-state index contributed by atoms with van der Waals surface area (Å²) in [6, 6.07) is 19.6. The lowest BCUT2D eigenvalue weighted by atomic mass is 10.2. The number of rotatable bonds is 7. The highest BCUT2D eigenvalue weighted by molar-refractivity contribution is 14.0. The second-order valence-electron chi connectivity index (χ2n) is 6.01. The van der Waals surface area contributed by atoms with E-state index in [-0.39, 0.29) is 29.7 Å². The molecular weight excluding hydrogens is 482 g/mol. The molecule has 0 saturated heterocycles. The Labute approximate surface area is 187 Å². The van der Waals surface area contributed by atoms with Crippen molar-refractivity contribution in [2.24, 2.45) is 4.99 Å². The van der Waals surface area contributed by atoms with E-state index in [2.05, 4.69) is 20.6 Å². The van der Waals surface area contributed by atoms with Gasteiger partial charge in [0.25, 0.3) is 0 Å². The highest BCUT2D eigenvalue weighted by Crippen LogP contribution is 2.27. The number of guanidine groups is 1. The number of nitrogens with zero attached hydrogens (tertiary/aromatic N) is 2. The van der Waals surface area contributed by atoms with Gasteiger partial charge in [-0.15, -0.1) is 24.0 Å². The number of nitrogens with one attached hydrogen (secondary N) is 2. The van der Waals surface area contributed by atoms with E-state index in [1.165, 1.54) is 6.07 Å². The van der Waals surface area contributed by atoms with Gasteiger partial charge < -0.3 is 15.4 Å². The summed E-state index contributed by atoms with van der Waals surface area (Å²) in [5.74, 6) is 1.05. The van der Waals surface area contributed by atoms with Crippen LogP contribution in [0.25, 0.3) is 0 Å². The number of ether oxygens (including phenoxy) is 1. The van der Waals surface area contributed by atoms with Gasteiger partial charge in [0.15, 0.2) is 17.5 Å². The molecule has 1 heterocycles. The first-order chi connectivity index (χ1) is 13.8. The smallest absolute Gasteiger partial charge is 0.191 e. The van der Waals surface area contributed by atoms with Gasteiger partial charge >= 0.3 is 0 Å². The molecule has 0 aliphatic heterocycles. The summed E-state index contributed by atoms with van der Waals surface area (Å²) in [5, 5.41) is 6.47. The third-order valence-corrected chi connectivity index (χ3v) is 3.94. The van der Waals surface area contributed by atoms with Crippen LogP contribution in [0.2, 0.25) is 0 Å². The Bertz CT molecular complexity index is 921. The van der Waals surface area contributed by atoms with Crippen molar-refractivity contribution in [3.63, 3.8) is 0 Å². The fraction of sp³-hybridized carbons (Fsp3) is 0.182. The topological polar surface area (TPSA) is 58.5 Å². The zero-order chi connectivity index (χ0) is 19.6. The van der Waals surface area contributed by atoms with Crippen molar-refractivity contribution >= 4 is 29.9 Å². The minimum Gasteiger partial charge on any atom is -0.454 e. The van der Waals surface area contributed by atoms with Gasteiger partial charge in [-0.1, -0.05) is 36.4 Å². The Morgan fingerprint density at radius 1 is 0.966 bits per heavy atom. The number of benzene rings is 2. The maximum Gasteiger partial charge on any atom is 0.191 e. The Morgan fingerprint density at radius 2 is 1.69 bits per heavy atom. The second-order valence-corrected chi connectivity index (χ2v) is 6.01.